The van der Waals surface area contributed by atoms with Gasteiger partial charge in [-0.3, -0.25) is 4.79 Å². The van der Waals surface area contributed by atoms with Crippen molar-refractivity contribution in [1.82, 2.24) is 9.55 Å². The van der Waals surface area contributed by atoms with Crippen molar-refractivity contribution in [3.8, 4) is 0 Å². The number of rotatable bonds is 0. The Morgan fingerprint density at radius 2 is 2.27 bits per heavy atom. The van der Waals surface area contributed by atoms with Gasteiger partial charge in [-0.1, -0.05) is 0 Å². The van der Waals surface area contributed by atoms with Gasteiger partial charge in [0.05, 0.1) is 5.52 Å². The lowest BCUT2D eigenvalue weighted by molar-refractivity contribution is 0.613. The molecular formula is C11H9BrN2O. The van der Waals surface area contributed by atoms with Crippen LogP contribution in [0.2, 0.25) is 0 Å². The first kappa shape index (κ1) is 9.09. The fourth-order valence-corrected chi connectivity index (χ4v) is 2.69. The van der Waals surface area contributed by atoms with Crippen molar-refractivity contribution in [1.29, 1.82) is 0 Å². The lowest BCUT2D eigenvalue weighted by atomic mass is 10.0. The highest BCUT2D eigenvalue weighted by Gasteiger charge is 2.16. The van der Waals surface area contributed by atoms with Gasteiger partial charge in [0.1, 0.15) is 4.60 Å². The molecule has 0 saturated heterocycles. The quantitative estimate of drug-likeness (QED) is 0.684. The third-order valence-electron chi connectivity index (χ3n) is 2.88. The monoisotopic (exact) mass is 264 g/mol. The Hall–Kier alpha value is -1.16. The standard InChI is InChI=1S/C11H9BrN2O/c12-11-8-2-1-5-14-9(15)4-3-7(6-13-11)10(8)14/h3-4,6H,1-2,5H2. The van der Waals surface area contributed by atoms with Gasteiger partial charge in [0.25, 0.3) is 5.56 Å². The maximum atomic E-state index is 11.7. The molecule has 76 valence electrons. The molecule has 0 spiro atoms. The van der Waals surface area contributed by atoms with Gasteiger partial charge in [-0.05, 0) is 34.8 Å². The van der Waals surface area contributed by atoms with E-state index in [9.17, 15) is 4.79 Å². The van der Waals surface area contributed by atoms with Crippen molar-refractivity contribution in [3.05, 3.63) is 38.9 Å². The second-order valence-corrected chi connectivity index (χ2v) is 4.51. The van der Waals surface area contributed by atoms with E-state index in [0.29, 0.717) is 0 Å². The van der Waals surface area contributed by atoms with Crippen LogP contribution in [0.15, 0.2) is 27.7 Å². The SMILES string of the molecule is O=c1ccc2cnc(Br)c3c2n1CCC3. The number of aryl methyl sites for hydroxylation is 2. The van der Waals surface area contributed by atoms with Crippen LogP contribution in [-0.2, 0) is 13.0 Å². The predicted octanol–water partition coefficient (Wildman–Crippen LogP) is 2.11. The van der Waals surface area contributed by atoms with Crippen molar-refractivity contribution in [2.24, 2.45) is 0 Å². The maximum absolute atomic E-state index is 11.7. The Balaban J connectivity index is 2.57. The Kier molecular flexibility index (Phi) is 1.92. The third kappa shape index (κ3) is 1.24. The second kappa shape index (κ2) is 3.17. The average molecular weight is 265 g/mol. The van der Waals surface area contributed by atoms with Crippen LogP contribution in [0, 0.1) is 0 Å². The van der Waals surface area contributed by atoms with Crippen LogP contribution >= 0.6 is 15.9 Å². The molecule has 0 aliphatic carbocycles. The summed E-state index contributed by atoms with van der Waals surface area (Å²) in [6.45, 7) is 0.819. The smallest absolute Gasteiger partial charge is 0.251 e. The van der Waals surface area contributed by atoms with Crippen LogP contribution in [0.4, 0.5) is 0 Å². The average Bonchev–Trinajstić information content (AvgIpc) is 2.27. The van der Waals surface area contributed by atoms with Crippen LogP contribution in [0.3, 0.4) is 0 Å². The molecule has 0 atom stereocenters. The Morgan fingerprint density at radius 1 is 1.40 bits per heavy atom. The van der Waals surface area contributed by atoms with Crippen LogP contribution < -0.4 is 5.56 Å². The highest BCUT2D eigenvalue weighted by molar-refractivity contribution is 9.10. The van der Waals surface area contributed by atoms with Crippen LogP contribution in [0.5, 0.6) is 0 Å². The van der Waals surface area contributed by atoms with Gasteiger partial charge in [0, 0.05) is 29.8 Å². The molecule has 3 rings (SSSR count). The van der Waals surface area contributed by atoms with Gasteiger partial charge in [-0.2, -0.15) is 0 Å². The van der Waals surface area contributed by atoms with Crippen molar-refractivity contribution in [2.45, 2.75) is 19.4 Å². The molecule has 0 fully saturated rings. The van der Waals surface area contributed by atoms with E-state index in [1.807, 2.05) is 16.8 Å². The lowest BCUT2D eigenvalue weighted by Gasteiger charge is -2.19. The molecule has 2 aromatic rings. The number of pyridine rings is 2. The highest BCUT2D eigenvalue weighted by Crippen LogP contribution is 2.27. The molecule has 2 aromatic heterocycles. The van der Waals surface area contributed by atoms with E-state index in [1.165, 1.54) is 0 Å². The van der Waals surface area contributed by atoms with Gasteiger partial charge in [0.15, 0.2) is 0 Å². The van der Waals surface area contributed by atoms with E-state index in [4.69, 9.17) is 0 Å². The Morgan fingerprint density at radius 3 is 3.13 bits per heavy atom. The highest BCUT2D eigenvalue weighted by atomic mass is 79.9. The van der Waals surface area contributed by atoms with E-state index < -0.39 is 0 Å². The van der Waals surface area contributed by atoms with E-state index in [2.05, 4.69) is 20.9 Å². The molecule has 0 radical (unpaired) electrons. The molecule has 0 unspecified atom stereocenters. The van der Waals surface area contributed by atoms with Crippen molar-refractivity contribution >= 4 is 26.8 Å². The number of nitrogens with zero attached hydrogens (tertiary/aromatic N) is 2. The molecule has 0 saturated carbocycles. The van der Waals surface area contributed by atoms with Crippen molar-refractivity contribution < 1.29 is 0 Å². The van der Waals surface area contributed by atoms with Gasteiger partial charge in [-0.25, -0.2) is 4.98 Å². The minimum atomic E-state index is 0.0848. The van der Waals surface area contributed by atoms with E-state index in [0.717, 1.165) is 40.5 Å². The number of aromatic nitrogens is 2. The summed E-state index contributed by atoms with van der Waals surface area (Å²) in [6, 6.07) is 3.47. The first-order chi connectivity index (χ1) is 7.27. The van der Waals surface area contributed by atoms with E-state index >= 15 is 0 Å². The predicted molar refractivity (Wildman–Crippen MR) is 62.0 cm³/mol. The van der Waals surface area contributed by atoms with Crippen molar-refractivity contribution in [2.75, 3.05) is 0 Å². The second-order valence-electron chi connectivity index (χ2n) is 3.76. The van der Waals surface area contributed by atoms with E-state index in [-0.39, 0.29) is 5.56 Å². The zero-order valence-electron chi connectivity index (χ0n) is 8.03. The largest absolute Gasteiger partial charge is 0.308 e. The minimum Gasteiger partial charge on any atom is -0.308 e. The molecule has 15 heavy (non-hydrogen) atoms. The Labute approximate surface area is 94.9 Å². The van der Waals surface area contributed by atoms with Gasteiger partial charge in [-0.15, -0.1) is 0 Å². The molecule has 4 heteroatoms. The number of halogens is 1. The summed E-state index contributed by atoms with van der Waals surface area (Å²) in [5, 5.41) is 1.05. The maximum Gasteiger partial charge on any atom is 0.251 e. The zero-order valence-corrected chi connectivity index (χ0v) is 9.62. The fourth-order valence-electron chi connectivity index (χ4n) is 2.20. The van der Waals surface area contributed by atoms with Gasteiger partial charge >= 0.3 is 0 Å². The molecule has 3 heterocycles. The van der Waals surface area contributed by atoms with Gasteiger partial charge < -0.3 is 4.57 Å². The topological polar surface area (TPSA) is 34.9 Å². The van der Waals surface area contributed by atoms with Crippen molar-refractivity contribution in [3.63, 3.8) is 0 Å². The minimum absolute atomic E-state index is 0.0848. The lowest BCUT2D eigenvalue weighted by Crippen LogP contribution is -2.23. The molecule has 1 aliphatic heterocycles. The summed E-state index contributed by atoms with van der Waals surface area (Å²) in [5.74, 6) is 0. The summed E-state index contributed by atoms with van der Waals surface area (Å²) < 4.78 is 2.72. The molecule has 0 aromatic carbocycles. The van der Waals surface area contributed by atoms with Crippen LogP contribution in [0.1, 0.15) is 12.0 Å². The Bertz CT molecular complexity index is 603. The fraction of sp³-hybridized carbons (Fsp3) is 0.273. The van der Waals surface area contributed by atoms with Crippen LogP contribution in [0.25, 0.3) is 10.9 Å². The number of hydrogen-bond donors (Lipinski definition) is 0. The summed E-state index contributed by atoms with van der Waals surface area (Å²) in [6.07, 6.45) is 3.81. The van der Waals surface area contributed by atoms with Gasteiger partial charge in [0.2, 0.25) is 0 Å². The molecule has 3 nitrogen and oxygen atoms in total. The first-order valence-corrected chi connectivity index (χ1v) is 5.73. The molecule has 0 N–H and O–H groups in total. The van der Waals surface area contributed by atoms with E-state index in [1.54, 1.807) is 6.07 Å². The molecule has 1 aliphatic rings. The molecule has 0 amide bonds. The summed E-state index contributed by atoms with van der Waals surface area (Å²) in [5.41, 5.74) is 2.30. The summed E-state index contributed by atoms with van der Waals surface area (Å²) in [7, 11) is 0. The molecular weight excluding hydrogens is 256 g/mol. The normalized spacial score (nSPS) is 14.5. The van der Waals surface area contributed by atoms with Crippen LogP contribution in [-0.4, -0.2) is 9.55 Å². The third-order valence-corrected chi connectivity index (χ3v) is 3.56. The molecule has 0 bridgehead atoms. The summed E-state index contributed by atoms with van der Waals surface area (Å²) in [4.78, 5) is 16.0. The first-order valence-electron chi connectivity index (χ1n) is 4.94. The summed E-state index contributed by atoms with van der Waals surface area (Å²) >= 11 is 3.44. The zero-order chi connectivity index (χ0) is 10.4. The number of hydrogen-bond acceptors (Lipinski definition) is 2.